The molecule has 0 radical (unpaired) electrons. The second-order valence-electron chi connectivity index (χ2n) is 6.27. The van der Waals surface area contributed by atoms with Crippen LogP contribution in [0.1, 0.15) is 30.0 Å². The molecule has 1 unspecified atom stereocenters. The number of carboxylic acids is 1. The number of aromatic nitrogens is 2. The van der Waals surface area contributed by atoms with Gasteiger partial charge in [0.15, 0.2) is 24.5 Å². The van der Waals surface area contributed by atoms with Crippen molar-refractivity contribution in [3.63, 3.8) is 0 Å². The van der Waals surface area contributed by atoms with Gasteiger partial charge in [-0.2, -0.15) is 0 Å². The molecule has 0 aliphatic heterocycles. The number of aliphatic carboxylic acids is 1. The maximum atomic E-state index is 11.4. The number of benzene rings is 1. The van der Waals surface area contributed by atoms with E-state index < -0.39 is 11.6 Å². The smallest absolute Gasteiger partial charge is 0.340 e. The van der Waals surface area contributed by atoms with Crippen molar-refractivity contribution in [3.05, 3.63) is 71.7 Å². The van der Waals surface area contributed by atoms with E-state index in [1.807, 2.05) is 48.1 Å². The lowest BCUT2D eigenvalue weighted by Crippen LogP contribution is -2.39. The van der Waals surface area contributed by atoms with Crippen molar-refractivity contribution in [2.45, 2.75) is 32.4 Å². The molecule has 0 spiro atoms. The van der Waals surface area contributed by atoms with Crippen LogP contribution in [0.4, 0.5) is 0 Å². The van der Waals surface area contributed by atoms with Gasteiger partial charge < -0.3 is 10.2 Å². The van der Waals surface area contributed by atoms with Crippen LogP contribution in [0, 0.1) is 6.92 Å². The number of carbonyl (C=O) groups is 1. The number of pyridine rings is 2. The summed E-state index contributed by atoms with van der Waals surface area (Å²) in [7, 11) is 0. The van der Waals surface area contributed by atoms with E-state index in [0.29, 0.717) is 12.1 Å². The van der Waals surface area contributed by atoms with Crippen LogP contribution < -0.4 is 4.57 Å². The van der Waals surface area contributed by atoms with Gasteiger partial charge in [0, 0.05) is 34.3 Å². The minimum atomic E-state index is -1.85. The van der Waals surface area contributed by atoms with Gasteiger partial charge in [-0.3, -0.25) is 4.98 Å². The van der Waals surface area contributed by atoms with E-state index >= 15 is 0 Å². The van der Waals surface area contributed by atoms with Crippen LogP contribution in [0.3, 0.4) is 0 Å². The molecule has 1 aromatic carbocycles. The van der Waals surface area contributed by atoms with Crippen molar-refractivity contribution in [2.24, 2.45) is 0 Å². The normalized spacial score (nSPS) is 13.6. The molecular formula is C20H21N2O3+. The summed E-state index contributed by atoms with van der Waals surface area (Å²) in [6.07, 6.45) is 5.61. The van der Waals surface area contributed by atoms with Gasteiger partial charge in [0.1, 0.15) is 0 Å². The Morgan fingerprint density at radius 3 is 2.72 bits per heavy atom. The summed E-state index contributed by atoms with van der Waals surface area (Å²) >= 11 is 0. The molecule has 0 aliphatic carbocycles. The highest BCUT2D eigenvalue weighted by Gasteiger charge is 2.38. The van der Waals surface area contributed by atoms with Crippen LogP contribution in [0.2, 0.25) is 0 Å². The number of aliphatic hydroxyl groups is 1. The van der Waals surface area contributed by atoms with Gasteiger partial charge in [-0.25, -0.2) is 9.36 Å². The molecule has 3 aromatic rings. The molecule has 0 saturated carbocycles. The second-order valence-corrected chi connectivity index (χ2v) is 6.27. The first-order valence-corrected chi connectivity index (χ1v) is 8.23. The fraction of sp³-hybridized carbons (Fsp3) is 0.250. The second kappa shape index (κ2) is 6.61. The summed E-state index contributed by atoms with van der Waals surface area (Å²) in [6, 6.07) is 11.7. The predicted molar refractivity (Wildman–Crippen MR) is 94.0 cm³/mol. The van der Waals surface area contributed by atoms with E-state index in [9.17, 15) is 15.0 Å². The van der Waals surface area contributed by atoms with Crippen LogP contribution in [0.25, 0.3) is 10.9 Å². The third kappa shape index (κ3) is 3.23. The molecule has 0 fully saturated rings. The summed E-state index contributed by atoms with van der Waals surface area (Å²) in [4.78, 5) is 15.9. The van der Waals surface area contributed by atoms with Crippen molar-refractivity contribution in [1.29, 1.82) is 0 Å². The lowest BCUT2D eigenvalue weighted by Gasteiger charge is -2.23. The van der Waals surface area contributed by atoms with Gasteiger partial charge in [0.2, 0.25) is 0 Å². The van der Waals surface area contributed by atoms with Crippen LogP contribution in [-0.2, 0) is 16.9 Å². The molecular weight excluding hydrogens is 316 g/mol. The van der Waals surface area contributed by atoms with E-state index in [-0.39, 0.29) is 6.42 Å². The molecule has 2 aromatic heterocycles. The summed E-state index contributed by atoms with van der Waals surface area (Å²) in [5.41, 5.74) is 1.32. The summed E-state index contributed by atoms with van der Waals surface area (Å²) in [5, 5.41) is 20.9. The van der Waals surface area contributed by atoms with Crippen LogP contribution in [0.15, 0.2) is 55.0 Å². The summed E-state index contributed by atoms with van der Waals surface area (Å²) < 4.78 is 1.96. The Hall–Kier alpha value is -2.79. The predicted octanol–water partition coefficient (Wildman–Crippen LogP) is 2.56. The quantitative estimate of drug-likeness (QED) is 0.702. The van der Waals surface area contributed by atoms with Crippen molar-refractivity contribution in [3.8, 4) is 0 Å². The Labute approximate surface area is 146 Å². The third-order valence-corrected chi connectivity index (χ3v) is 4.54. The Kier molecular flexibility index (Phi) is 4.51. The number of hydrogen-bond acceptors (Lipinski definition) is 3. The number of nitrogens with zero attached hydrogens (tertiary/aromatic N) is 2. The Balaban J connectivity index is 1.91. The van der Waals surface area contributed by atoms with Crippen molar-refractivity contribution < 1.29 is 19.6 Å². The molecule has 3 rings (SSSR count). The van der Waals surface area contributed by atoms with Crippen molar-refractivity contribution >= 4 is 16.9 Å². The summed E-state index contributed by atoms with van der Waals surface area (Å²) in [5.74, 6) is -1.23. The van der Waals surface area contributed by atoms with Gasteiger partial charge in [-0.15, -0.1) is 0 Å². The fourth-order valence-corrected chi connectivity index (χ4v) is 3.10. The monoisotopic (exact) mass is 337 g/mol. The molecule has 0 amide bonds. The fourth-order valence-electron chi connectivity index (χ4n) is 3.10. The van der Waals surface area contributed by atoms with Gasteiger partial charge in [-0.05, 0) is 25.5 Å². The molecule has 2 N–H and O–H groups in total. The molecule has 128 valence electrons. The first-order chi connectivity index (χ1) is 11.9. The van der Waals surface area contributed by atoms with Crippen molar-refractivity contribution in [1.82, 2.24) is 4.98 Å². The first kappa shape index (κ1) is 17.0. The highest BCUT2D eigenvalue weighted by atomic mass is 16.4. The van der Waals surface area contributed by atoms with Crippen molar-refractivity contribution in [2.75, 3.05) is 0 Å². The minimum absolute atomic E-state index is 0.113. The lowest BCUT2D eigenvalue weighted by molar-refractivity contribution is -0.688. The zero-order valence-electron chi connectivity index (χ0n) is 14.3. The number of carboxylic acid groups (broad SMARTS) is 1. The molecule has 2 heterocycles. The molecule has 0 bridgehead atoms. The molecule has 5 heteroatoms. The standard InChI is InChI=1S/C20H20N2O3/c1-3-20(25,19(23)24)17-8-9-22(12-14(17)2)13-15-10-16-6-4-5-7-18(16)21-11-15/h4-12,25H,3,13H2,1-2H3/p+1. The topological polar surface area (TPSA) is 74.3 Å². The number of aryl methyl sites for hydroxylation is 1. The van der Waals surface area contributed by atoms with E-state index in [1.54, 1.807) is 19.2 Å². The SMILES string of the molecule is CCC(O)(C(=O)O)c1cc[n+](Cc2cnc3ccccc3c2)cc1C. The third-order valence-electron chi connectivity index (χ3n) is 4.54. The molecule has 25 heavy (non-hydrogen) atoms. The maximum Gasteiger partial charge on any atom is 0.340 e. The number of para-hydroxylation sites is 1. The van der Waals surface area contributed by atoms with E-state index in [2.05, 4.69) is 11.1 Å². The molecule has 5 nitrogen and oxygen atoms in total. The Morgan fingerprint density at radius 2 is 2.04 bits per heavy atom. The van der Waals surface area contributed by atoms with E-state index in [0.717, 1.165) is 22.0 Å². The number of rotatable bonds is 5. The largest absolute Gasteiger partial charge is 0.479 e. The minimum Gasteiger partial charge on any atom is -0.479 e. The summed E-state index contributed by atoms with van der Waals surface area (Å²) in [6.45, 7) is 4.10. The maximum absolute atomic E-state index is 11.4. The van der Waals surface area contributed by atoms with Crippen LogP contribution >= 0.6 is 0 Å². The average molecular weight is 337 g/mol. The average Bonchev–Trinajstić information content (AvgIpc) is 2.61. The first-order valence-electron chi connectivity index (χ1n) is 8.23. The highest BCUT2D eigenvalue weighted by molar-refractivity contribution is 5.79. The van der Waals surface area contributed by atoms with Gasteiger partial charge in [0.05, 0.1) is 5.52 Å². The van der Waals surface area contributed by atoms with Gasteiger partial charge in [-0.1, -0.05) is 25.1 Å². The Bertz CT molecular complexity index is 939. The molecule has 0 aliphatic rings. The lowest BCUT2D eigenvalue weighted by atomic mass is 9.89. The Morgan fingerprint density at radius 1 is 1.28 bits per heavy atom. The van der Waals surface area contributed by atoms with Crippen LogP contribution in [0.5, 0.6) is 0 Å². The zero-order chi connectivity index (χ0) is 18.0. The van der Waals surface area contributed by atoms with Gasteiger partial charge >= 0.3 is 5.97 Å². The van der Waals surface area contributed by atoms with Crippen LogP contribution in [-0.4, -0.2) is 21.2 Å². The highest BCUT2D eigenvalue weighted by Crippen LogP contribution is 2.27. The number of hydrogen-bond donors (Lipinski definition) is 2. The van der Waals surface area contributed by atoms with Gasteiger partial charge in [0.25, 0.3) is 0 Å². The zero-order valence-corrected chi connectivity index (χ0v) is 14.3. The van der Waals surface area contributed by atoms with E-state index in [4.69, 9.17) is 0 Å². The number of fused-ring (bicyclic) bond motifs is 1. The van der Waals surface area contributed by atoms with E-state index in [1.165, 1.54) is 0 Å². The molecule has 0 saturated heterocycles. The molecule has 1 atom stereocenters.